The molecule has 1 saturated heterocycles. The van der Waals surface area contributed by atoms with Gasteiger partial charge < -0.3 is 10.2 Å². The molecule has 1 saturated carbocycles. The first-order chi connectivity index (χ1) is 12.0. The number of piperidine rings is 1. The Kier molecular flexibility index (Phi) is 6.40. The second-order valence-electron chi connectivity index (χ2n) is 8.34. The Morgan fingerprint density at radius 2 is 1.68 bits per heavy atom. The van der Waals surface area contributed by atoms with Crippen molar-refractivity contribution < 1.29 is 9.69 Å². The van der Waals surface area contributed by atoms with Gasteiger partial charge in [0.25, 0.3) is 5.91 Å². The fourth-order valence-electron chi connectivity index (χ4n) is 4.83. The zero-order chi connectivity index (χ0) is 17.8. The van der Waals surface area contributed by atoms with Crippen LogP contribution in [0.1, 0.15) is 64.0 Å². The van der Waals surface area contributed by atoms with Crippen molar-refractivity contribution in [3.63, 3.8) is 0 Å². The number of quaternary nitrogens is 1. The monoisotopic (exact) mass is 363 g/mol. The molecule has 1 aliphatic carbocycles. The summed E-state index contributed by atoms with van der Waals surface area (Å²) < 4.78 is 0. The van der Waals surface area contributed by atoms with Crippen LogP contribution in [0.15, 0.2) is 24.3 Å². The average molecular weight is 364 g/mol. The van der Waals surface area contributed by atoms with E-state index in [1.54, 1.807) is 0 Å². The average Bonchev–Trinajstić information content (AvgIpc) is 2.57. The predicted octanol–water partition coefficient (Wildman–Crippen LogP) is 3.39. The Bertz CT molecular complexity index is 558. The fourth-order valence-corrected chi connectivity index (χ4v) is 4.95. The number of nitrogens with one attached hydrogen (secondary N) is 2. The van der Waals surface area contributed by atoms with Crippen molar-refractivity contribution in [1.29, 1.82) is 0 Å². The van der Waals surface area contributed by atoms with Gasteiger partial charge in [-0.3, -0.25) is 4.79 Å². The Labute approximate surface area is 157 Å². The number of carbonyl (C=O) groups is 1. The number of amides is 1. The lowest BCUT2D eigenvalue weighted by Crippen LogP contribution is -3.15. The zero-order valence-corrected chi connectivity index (χ0v) is 16.3. The molecule has 3 nitrogen and oxygen atoms in total. The predicted molar refractivity (Wildman–Crippen MR) is 103 cm³/mol. The molecular weight excluding hydrogens is 332 g/mol. The van der Waals surface area contributed by atoms with E-state index in [0.717, 1.165) is 36.5 Å². The van der Waals surface area contributed by atoms with Gasteiger partial charge in [-0.2, -0.15) is 0 Å². The van der Waals surface area contributed by atoms with Crippen molar-refractivity contribution in [3.8, 4) is 0 Å². The number of halogens is 1. The van der Waals surface area contributed by atoms with Crippen LogP contribution < -0.4 is 10.2 Å². The Morgan fingerprint density at radius 3 is 2.28 bits per heavy atom. The second-order valence-corrected chi connectivity index (χ2v) is 8.78. The smallest absolute Gasteiger partial charge is 0.283 e. The topological polar surface area (TPSA) is 33.5 Å². The van der Waals surface area contributed by atoms with Crippen LogP contribution in [0.25, 0.3) is 0 Å². The minimum atomic E-state index is -0.121. The Balaban J connectivity index is 1.80. The van der Waals surface area contributed by atoms with Crippen molar-refractivity contribution in [2.75, 3.05) is 13.1 Å². The number of hydrogen-bond acceptors (Lipinski definition) is 1. The van der Waals surface area contributed by atoms with E-state index in [1.807, 2.05) is 24.3 Å². The summed E-state index contributed by atoms with van der Waals surface area (Å²) in [6.45, 7) is 6.76. The largest absolute Gasteiger partial charge is 0.348 e. The molecule has 0 aromatic heterocycles. The van der Waals surface area contributed by atoms with Gasteiger partial charge in [-0.1, -0.05) is 56.8 Å². The van der Waals surface area contributed by atoms with E-state index in [0.29, 0.717) is 17.9 Å². The summed E-state index contributed by atoms with van der Waals surface area (Å²) in [5.41, 5.74) is 1.09. The highest BCUT2D eigenvalue weighted by molar-refractivity contribution is 6.30. The molecule has 0 spiro atoms. The summed E-state index contributed by atoms with van der Waals surface area (Å²) in [6, 6.07) is 8.12. The molecule has 3 unspecified atom stereocenters. The number of rotatable bonds is 4. The molecule has 2 fully saturated rings. The summed E-state index contributed by atoms with van der Waals surface area (Å²) in [7, 11) is 0. The van der Waals surface area contributed by atoms with E-state index in [4.69, 9.17) is 11.6 Å². The maximum Gasteiger partial charge on any atom is 0.283 e. The van der Waals surface area contributed by atoms with E-state index in [-0.39, 0.29) is 11.9 Å². The van der Waals surface area contributed by atoms with Gasteiger partial charge in [0.2, 0.25) is 0 Å². The number of benzene rings is 1. The third kappa shape index (κ3) is 4.98. The first-order valence-corrected chi connectivity index (χ1v) is 10.3. The molecule has 1 aromatic carbocycles. The third-order valence-electron chi connectivity index (χ3n) is 5.85. The van der Waals surface area contributed by atoms with Crippen molar-refractivity contribution in [2.24, 2.45) is 11.8 Å². The van der Waals surface area contributed by atoms with E-state index in [9.17, 15) is 4.79 Å². The maximum atomic E-state index is 13.2. The molecule has 138 valence electrons. The highest BCUT2D eigenvalue weighted by Gasteiger charge is 2.37. The second kappa shape index (κ2) is 8.55. The van der Waals surface area contributed by atoms with Crippen LogP contribution >= 0.6 is 11.6 Å². The third-order valence-corrected chi connectivity index (χ3v) is 6.10. The van der Waals surface area contributed by atoms with Gasteiger partial charge in [-0.25, -0.2) is 0 Å². The highest BCUT2D eigenvalue weighted by Crippen LogP contribution is 2.21. The molecule has 4 heteroatoms. The Morgan fingerprint density at radius 1 is 1.08 bits per heavy atom. The fraction of sp³-hybridized carbons (Fsp3) is 0.667. The van der Waals surface area contributed by atoms with Crippen LogP contribution in [0.3, 0.4) is 0 Å². The van der Waals surface area contributed by atoms with Crippen LogP contribution in [0.4, 0.5) is 0 Å². The normalized spacial score (nSPS) is 29.2. The molecule has 1 aliphatic heterocycles. The quantitative estimate of drug-likeness (QED) is 0.844. The molecule has 25 heavy (non-hydrogen) atoms. The van der Waals surface area contributed by atoms with Crippen molar-refractivity contribution in [3.05, 3.63) is 34.9 Å². The minimum absolute atomic E-state index is 0.121. The summed E-state index contributed by atoms with van der Waals surface area (Å²) in [6.07, 6.45) is 7.30. The molecule has 1 aromatic rings. The van der Waals surface area contributed by atoms with Gasteiger partial charge in [-0.05, 0) is 31.4 Å². The van der Waals surface area contributed by atoms with Gasteiger partial charge in [0.15, 0.2) is 6.04 Å². The van der Waals surface area contributed by atoms with Gasteiger partial charge in [0.1, 0.15) is 0 Å². The van der Waals surface area contributed by atoms with Crippen LogP contribution in [0.5, 0.6) is 0 Å². The van der Waals surface area contributed by atoms with Crippen LogP contribution in [0.2, 0.25) is 5.02 Å². The lowest BCUT2D eigenvalue weighted by Gasteiger charge is -2.37. The SMILES string of the molecule is CC1CC(C)C[NH+](C(C(=O)NC2CCCCC2)c2ccc(Cl)cc2)C1. The van der Waals surface area contributed by atoms with E-state index in [2.05, 4.69) is 19.2 Å². The first-order valence-electron chi connectivity index (χ1n) is 9.93. The van der Waals surface area contributed by atoms with E-state index < -0.39 is 0 Å². The molecule has 2 N–H and O–H groups in total. The minimum Gasteiger partial charge on any atom is -0.348 e. The summed E-state index contributed by atoms with van der Waals surface area (Å²) in [4.78, 5) is 14.6. The summed E-state index contributed by atoms with van der Waals surface area (Å²) in [5.74, 6) is 1.53. The molecular formula is C21H32ClN2O+. The summed E-state index contributed by atoms with van der Waals surface area (Å²) >= 11 is 6.08. The van der Waals surface area contributed by atoms with Gasteiger partial charge in [0.05, 0.1) is 13.1 Å². The molecule has 1 amide bonds. The van der Waals surface area contributed by atoms with Crippen molar-refractivity contribution in [1.82, 2.24) is 5.32 Å². The van der Waals surface area contributed by atoms with Gasteiger partial charge in [-0.15, -0.1) is 0 Å². The molecule has 0 bridgehead atoms. The number of hydrogen-bond donors (Lipinski definition) is 2. The lowest BCUT2D eigenvalue weighted by atomic mass is 9.89. The zero-order valence-electron chi connectivity index (χ0n) is 15.6. The van der Waals surface area contributed by atoms with Crippen LogP contribution in [-0.2, 0) is 4.79 Å². The van der Waals surface area contributed by atoms with Gasteiger partial charge >= 0.3 is 0 Å². The Hall–Kier alpha value is -1.06. The van der Waals surface area contributed by atoms with Gasteiger partial charge in [0, 0.05) is 28.5 Å². The molecule has 2 aliphatic rings. The van der Waals surface area contributed by atoms with E-state index >= 15 is 0 Å². The lowest BCUT2D eigenvalue weighted by molar-refractivity contribution is -0.933. The van der Waals surface area contributed by atoms with Crippen LogP contribution in [0, 0.1) is 11.8 Å². The molecule has 0 radical (unpaired) electrons. The van der Waals surface area contributed by atoms with Crippen molar-refractivity contribution >= 4 is 17.5 Å². The van der Waals surface area contributed by atoms with Crippen molar-refractivity contribution in [2.45, 2.75) is 64.5 Å². The summed E-state index contributed by atoms with van der Waals surface area (Å²) in [5, 5.41) is 4.09. The molecule has 1 heterocycles. The van der Waals surface area contributed by atoms with Crippen LogP contribution in [-0.4, -0.2) is 25.0 Å². The number of carbonyl (C=O) groups excluding carboxylic acids is 1. The maximum absolute atomic E-state index is 13.2. The molecule has 3 rings (SSSR count). The van der Waals surface area contributed by atoms with E-state index in [1.165, 1.54) is 30.6 Å². The number of likely N-dealkylation sites (tertiary alicyclic amines) is 1. The standard InChI is InChI=1S/C21H31ClN2O/c1-15-12-16(2)14-24(13-15)20(17-8-10-18(22)11-9-17)21(25)23-19-6-4-3-5-7-19/h8-11,15-16,19-20H,3-7,12-14H2,1-2H3,(H,23,25)/p+1. The highest BCUT2D eigenvalue weighted by atomic mass is 35.5. The first kappa shape index (κ1) is 18.7. The molecule has 3 atom stereocenters.